The second kappa shape index (κ2) is 6.41. The van der Waals surface area contributed by atoms with Crippen LogP contribution < -0.4 is 15.4 Å². The van der Waals surface area contributed by atoms with Crippen molar-refractivity contribution in [1.29, 1.82) is 0 Å². The summed E-state index contributed by atoms with van der Waals surface area (Å²) in [5.74, 6) is -1.38. The maximum atomic E-state index is 13.4. The Hall–Kier alpha value is -2.34. The van der Waals surface area contributed by atoms with E-state index in [1.54, 1.807) is 12.1 Å². The summed E-state index contributed by atoms with van der Waals surface area (Å²) in [5.41, 5.74) is -0.254. The largest absolute Gasteiger partial charge is 0.495 e. The number of amides is 2. The molecule has 0 fully saturated rings. The van der Waals surface area contributed by atoms with Gasteiger partial charge < -0.3 is 15.4 Å². The Bertz CT molecular complexity index is 660. The summed E-state index contributed by atoms with van der Waals surface area (Å²) >= 11 is 5.82. The van der Waals surface area contributed by atoms with E-state index in [-0.39, 0.29) is 5.69 Å². The molecule has 4 nitrogen and oxygen atoms in total. The number of anilines is 2. The molecule has 21 heavy (non-hydrogen) atoms. The highest BCUT2D eigenvalue weighted by Crippen LogP contribution is 2.28. The number of halogens is 3. The Kier molecular flexibility index (Phi) is 4.59. The van der Waals surface area contributed by atoms with E-state index in [2.05, 4.69) is 10.6 Å². The molecule has 2 N–H and O–H groups in total. The molecule has 0 aliphatic heterocycles. The summed E-state index contributed by atoms with van der Waals surface area (Å²) < 4.78 is 31.9. The number of rotatable bonds is 3. The van der Waals surface area contributed by atoms with Crippen LogP contribution >= 0.6 is 11.6 Å². The summed E-state index contributed by atoms with van der Waals surface area (Å²) in [5, 5.41) is 4.89. The lowest BCUT2D eigenvalue weighted by Gasteiger charge is -2.12. The zero-order valence-corrected chi connectivity index (χ0v) is 11.7. The van der Waals surface area contributed by atoms with Crippen molar-refractivity contribution in [2.24, 2.45) is 0 Å². The van der Waals surface area contributed by atoms with Gasteiger partial charge in [-0.05, 0) is 30.3 Å². The number of carbonyl (C=O) groups excluding carboxylic acids is 1. The van der Waals surface area contributed by atoms with Crippen LogP contribution in [0.4, 0.5) is 25.0 Å². The van der Waals surface area contributed by atoms with Crippen molar-refractivity contribution in [1.82, 2.24) is 0 Å². The predicted molar refractivity (Wildman–Crippen MR) is 77.0 cm³/mol. The van der Waals surface area contributed by atoms with Gasteiger partial charge in [-0.15, -0.1) is 0 Å². The molecule has 0 saturated carbocycles. The van der Waals surface area contributed by atoms with Crippen LogP contribution in [0.5, 0.6) is 5.75 Å². The van der Waals surface area contributed by atoms with E-state index in [0.717, 1.165) is 12.1 Å². The molecule has 0 aliphatic rings. The number of hydrogen-bond donors (Lipinski definition) is 2. The first-order valence-electron chi connectivity index (χ1n) is 5.87. The van der Waals surface area contributed by atoms with Gasteiger partial charge in [0, 0.05) is 5.02 Å². The third-order valence-corrected chi connectivity index (χ3v) is 2.85. The summed E-state index contributed by atoms with van der Waals surface area (Å²) in [6, 6.07) is 7.06. The van der Waals surface area contributed by atoms with Gasteiger partial charge in [0.05, 0.1) is 12.8 Å². The van der Waals surface area contributed by atoms with E-state index in [9.17, 15) is 13.6 Å². The third kappa shape index (κ3) is 3.61. The zero-order chi connectivity index (χ0) is 15.4. The van der Waals surface area contributed by atoms with Crippen LogP contribution in [0.1, 0.15) is 0 Å². The molecule has 2 aromatic rings. The van der Waals surface area contributed by atoms with Gasteiger partial charge in [0.25, 0.3) is 0 Å². The van der Waals surface area contributed by atoms with Gasteiger partial charge in [0.1, 0.15) is 23.1 Å². The summed E-state index contributed by atoms with van der Waals surface area (Å²) in [7, 11) is 1.42. The van der Waals surface area contributed by atoms with Crippen LogP contribution in [0, 0.1) is 11.6 Å². The van der Waals surface area contributed by atoms with Crippen LogP contribution in [0.3, 0.4) is 0 Å². The molecule has 7 heteroatoms. The van der Waals surface area contributed by atoms with Crippen LogP contribution in [0.15, 0.2) is 36.4 Å². The summed E-state index contributed by atoms with van der Waals surface area (Å²) in [6.07, 6.45) is 0. The van der Waals surface area contributed by atoms with E-state index in [1.807, 2.05) is 0 Å². The number of hydrogen-bond acceptors (Lipinski definition) is 2. The molecule has 0 unspecified atom stereocenters. The molecule has 0 spiro atoms. The number of urea groups is 1. The Morgan fingerprint density at radius 1 is 1.14 bits per heavy atom. The van der Waals surface area contributed by atoms with E-state index >= 15 is 0 Å². The lowest BCUT2D eigenvalue weighted by atomic mass is 10.3. The standard InChI is InChI=1S/C14H11ClF2N2O2/c1-21-12-6-5-8(15)7-11(12)18-14(20)19-13-9(16)3-2-4-10(13)17/h2-7H,1H3,(H2,18,19,20). The van der Waals surface area contributed by atoms with Gasteiger partial charge in [-0.25, -0.2) is 13.6 Å². The molecular formula is C14H11ClF2N2O2. The van der Waals surface area contributed by atoms with Crippen molar-refractivity contribution >= 4 is 29.0 Å². The highest BCUT2D eigenvalue weighted by atomic mass is 35.5. The number of nitrogens with one attached hydrogen (secondary N) is 2. The maximum Gasteiger partial charge on any atom is 0.323 e. The van der Waals surface area contributed by atoms with Gasteiger partial charge in [-0.1, -0.05) is 17.7 Å². The van der Waals surface area contributed by atoms with Crippen molar-refractivity contribution in [3.05, 3.63) is 53.1 Å². The average molecular weight is 313 g/mol. The number of ether oxygens (including phenoxy) is 1. The second-order valence-corrected chi connectivity index (χ2v) is 4.46. The predicted octanol–water partition coefficient (Wildman–Crippen LogP) is 4.27. The van der Waals surface area contributed by atoms with Gasteiger partial charge >= 0.3 is 6.03 Å². The Morgan fingerprint density at radius 3 is 2.43 bits per heavy atom. The van der Waals surface area contributed by atoms with Crippen LogP contribution in [0.25, 0.3) is 0 Å². The number of methoxy groups -OCH3 is 1. The minimum Gasteiger partial charge on any atom is -0.495 e. The molecule has 0 bridgehead atoms. The first kappa shape index (κ1) is 15.1. The molecule has 110 valence electrons. The fourth-order valence-electron chi connectivity index (χ4n) is 1.66. The molecule has 0 atom stereocenters. The fraction of sp³-hybridized carbons (Fsp3) is 0.0714. The first-order chi connectivity index (χ1) is 10.0. The smallest absolute Gasteiger partial charge is 0.323 e. The van der Waals surface area contributed by atoms with Gasteiger partial charge in [-0.3, -0.25) is 0 Å². The molecule has 0 radical (unpaired) electrons. The molecule has 0 heterocycles. The fourth-order valence-corrected chi connectivity index (χ4v) is 1.83. The van der Waals surface area contributed by atoms with Gasteiger partial charge in [-0.2, -0.15) is 0 Å². The maximum absolute atomic E-state index is 13.4. The molecule has 2 rings (SSSR count). The van der Waals surface area contributed by atoms with Crippen molar-refractivity contribution in [3.8, 4) is 5.75 Å². The lowest BCUT2D eigenvalue weighted by Crippen LogP contribution is -2.21. The number of carbonyl (C=O) groups is 1. The first-order valence-corrected chi connectivity index (χ1v) is 6.24. The van der Waals surface area contributed by atoms with Gasteiger partial charge in [0.15, 0.2) is 0 Å². The quantitative estimate of drug-likeness (QED) is 0.889. The molecular weight excluding hydrogens is 302 g/mol. The topological polar surface area (TPSA) is 50.4 Å². The molecule has 0 saturated heterocycles. The highest BCUT2D eigenvalue weighted by Gasteiger charge is 2.13. The van der Waals surface area contributed by atoms with Crippen molar-refractivity contribution in [2.75, 3.05) is 17.7 Å². The molecule has 2 aromatic carbocycles. The summed E-state index contributed by atoms with van der Waals surface area (Å²) in [6.45, 7) is 0. The molecule has 0 aromatic heterocycles. The summed E-state index contributed by atoms with van der Waals surface area (Å²) in [4.78, 5) is 11.8. The Balaban J connectivity index is 2.17. The lowest BCUT2D eigenvalue weighted by molar-refractivity contribution is 0.261. The van der Waals surface area contributed by atoms with Crippen LogP contribution in [0.2, 0.25) is 5.02 Å². The third-order valence-electron chi connectivity index (χ3n) is 2.61. The van der Waals surface area contributed by atoms with Crippen LogP contribution in [-0.2, 0) is 0 Å². The number of para-hydroxylation sites is 1. The minimum atomic E-state index is -0.872. The van der Waals surface area contributed by atoms with Crippen molar-refractivity contribution in [3.63, 3.8) is 0 Å². The molecule has 0 aliphatic carbocycles. The van der Waals surface area contributed by atoms with E-state index in [0.29, 0.717) is 10.8 Å². The van der Waals surface area contributed by atoms with E-state index in [4.69, 9.17) is 16.3 Å². The van der Waals surface area contributed by atoms with Crippen LogP contribution in [-0.4, -0.2) is 13.1 Å². The second-order valence-electron chi connectivity index (χ2n) is 4.02. The monoisotopic (exact) mass is 312 g/mol. The minimum absolute atomic E-state index is 0.277. The highest BCUT2D eigenvalue weighted by molar-refractivity contribution is 6.31. The zero-order valence-electron chi connectivity index (χ0n) is 10.9. The Morgan fingerprint density at radius 2 is 1.81 bits per heavy atom. The SMILES string of the molecule is COc1ccc(Cl)cc1NC(=O)Nc1c(F)cccc1F. The van der Waals surface area contributed by atoms with E-state index in [1.165, 1.54) is 19.2 Å². The normalized spacial score (nSPS) is 10.1. The van der Waals surface area contributed by atoms with Crippen molar-refractivity contribution in [2.45, 2.75) is 0 Å². The number of benzene rings is 2. The Labute approximate surface area is 124 Å². The van der Waals surface area contributed by atoms with Gasteiger partial charge in [0.2, 0.25) is 0 Å². The van der Waals surface area contributed by atoms with Crippen molar-refractivity contribution < 1.29 is 18.3 Å². The van der Waals surface area contributed by atoms with E-state index < -0.39 is 23.4 Å². The molecule has 2 amide bonds. The average Bonchev–Trinajstić information content (AvgIpc) is 2.43.